The minimum atomic E-state index is -1.03. The zero-order chi connectivity index (χ0) is 18.4. The molecule has 2 rings (SSSR count). The topological polar surface area (TPSA) is 76.7 Å². The van der Waals surface area contributed by atoms with Crippen molar-refractivity contribution in [3.8, 4) is 11.5 Å². The smallest absolute Gasteiger partial charge is 0.279 e. The summed E-state index contributed by atoms with van der Waals surface area (Å²) in [6.07, 6.45) is -1.03. The van der Waals surface area contributed by atoms with Crippen molar-refractivity contribution in [3.05, 3.63) is 58.9 Å². The summed E-state index contributed by atoms with van der Waals surface area (Å²) in [4.78, 5) is 24.1. The molecule has 0 aliphatic carbocycles. The largest absolute Gasteiger partial charge is 0.496 e. The Morgan fingerprint density at radius 2 is 1.84 bits per heavy atom. The van der Waals surface area contributed by atoms with Crippen LogP contribution in [-0.4, -0.2) is 25.0 Å². The first-order chi connectivity index (χ1) is 11.9. The van der Waals surface area contributed by atoms with E-state index in [1.807, 2.05) is 0 Å². The fraction of sp³-hybridized carbons (Fsp3) is 0.176. The van der Waals surface area contributed by atoms with Crippen molar-refractivity contribution in [3.63, 3.8) is 0 Å². The predicted octanol–water partition coefficient (Wildman–Crippen LogP) is 2.72. The van der Waals surface area contributed by atoms with Crippen LogP contribution in [0.1, 0.15) is 17.3 Å². The summed E-state index contributed by atoms with van der Waals surface area (Å²) in [5.41, 5.74) is 4.59. The van der Waals surface area contributed by atoms with E-state index in [-0.39, 0.29) is 11.3 Å². The molecule has 1 atom stereocenters. The van der Waals surface area contributed by atoms with Gasteiger partial charge in [0, 0.05) is 5.02 Å². The molecular weight excluding hydrogens is 351 g/mol. The molecule has 0 spiro atoms. The van der Waals surface area contributed by atoms with Crippen molar-refractivity contribution in [2.75, 3.05) is 7.11 Å². The molecule has 2 N–H and O–H groups in total. The van der Waals surface area contributed by atoms with Crippen molar-refractivity contribution in [1.29, 1.82) is 0 Å². The van der Waals surface area contributed by atoms with Gasteiger partial charge in [0.15, 0.2) is 17.7 Å². The molecule has 2 aromatic rings. The Kier molecular flexibility index (Phi) is 6.19. The van der Waals surface area contributed by atoms with Gasteiger partial charge in [0.25, 0.3) is 11.8 Å². The summed E-state index contributed by atoms with van der Waals surface area (Å²) in [7, 11) is 1.41. The number of benzene rings is 2. The van der Waals surface area contributed by atoms with E-state index in [1.165, 1.54) is 44.4 Å². The Balaban J connectivity index is 1.96. The van der Waals surface area contributed by atoms with Gasteiger partial charge in [0.1, 0.15) is 5.75 Å². The molecule has 0 bridgehead atoms. The zero-order valence-electron chi connectivity index (χ0n) is 13.5. The van der Waals surface area contributed by atoms with E-state index in [2.05, 4.69) is 10.9 Å². The molecule has 2 amide bonds. The lowest BCUT2D eigenvalue weighted by molar-refractivity contribution is -0.128. The number of carbonyl (C=O) groups excluding carboxylic acids is 2. The molecule has 1 unspecified atom stereocenters. The van der Waals surface area contributed by atoms with Crippen LogP contribution in [0.15, 0.2) is 42.5 Å². The molecule has 0 saturated heterocycles. The number of para-hydroxylation sites is 1. The van der Waals surface area contributed by atoms with Gasteiger partial charge in [-0.1, -0.05) is 23.7 Å². The summed E-state index contributed by atoms with van der Waals surface area (Å²) in [6.45, 7) is 1.42. The van der Waals surface area contributed by atoms with Gasteiger partial charge >= 0.3 is 0 Å². The lowest BCUT2D eigenvalue weighted by Gasteiger charge is -2.16. The van der Waals surface area contributed by atoms with Crippen LogP contribution < -0.4 is 20.3 Å². The second-order valence-electron chi connectivity index (χ2n) is 4.98. The van der Waals surface area contributed by atoms with Gasteiger partial charge in [-0.05, 0) is 37.3 Å². The van der Waals surface area contributed by atoms with Crippen molar-refractivity contribution in [2.24, 2.45) is 0 Å². The number of hydrogen-bond donors (Lipinski definition) is 2. The highest BCUT2D eigenvalue weighted by molar-refractivity contribution is 6.31. The summed E-state index contributed by atoms with van der Waals surface area (Å²) in [5.74, 6) is -1.63. The Hall–Kier alpha value is -2.80. The van der Waals surface area contributed by atoms with Crippen molar-refractivity contribution in [1.82, 2.24) is 10.9 Å². The van der Waals surface area contributed by atoms with Crippen LogP contribution in [0.5, 0.6) is 11.5 Å². The van der Waals surface area contributed by atoms with Crippen LogP contribution >= 0.6 is 11.6 Å². The fourth-order valence-electron chi connectivity index (χ4n) is 1.93. The Bertz CT molecular complexity index is 785. The third kappa shape index (κ3) is 4.84. The Morgan fingerprint density at radius 1 is 1.12 bits per heavy atom. The van der Waals surface area contributed by atoms with Crippen molar-refractivity contribution < 1.29 is 23.5 Å². The first-order valence-electron chi connectivity index (χ1n) is 7.27. The third-order valence-corrected chi connectivity index (χ3v) is 3.45. The van der Waals surface area contributed by atoms with Crippen LogP contribution in [-0.2, 0) is 4.79 Å². The SMILES string of the molecule is COc1ccc(Cl)cc1C(=O)NNC(=O)C(C)Oc1ccccc1F. The maximum Gasteiger partial charge on any atom is 0.279 e. The maximum absolute atomic E-state index is 13.5. The highest BCUT2D eigenvalue weighted by atomic mass is 35.5. The van der Waals surface area contributed by atoms with E-state index in [1.54, 1.807) is 12.1 Å². The van der Waals surface area contributed by atoms with E-state index in [0.29, 0.717) is 10.8 Å². The Morgan fingerprint density at radius 3 is 2.52 bits per heavy atom. The van der Waals surface area contributed by atoms with Gasteiger partial charge in [0.05, 0.1) is 12.7 Å². The van der Waals surface area contributed by atoms with E-state index in [4.69, 9.17) is 21.1 Å². The van der Waals surface area contributed by atoms with Crippen molar-refractivity contribution in [2.45, 2.75) is 13.0 Å². The summed E-state index contributed by atoms with van der Waals surface area (Å²) >= 11 is 5.86. The first-order valence-corrected chi connectivity index (χ1v) is 7.65. The lowest BCUT2D eigenvalue weighted by Crippen LogP contribution is -2.47. The second-order valence-corrected chi connectivity index (χ2v) is 5.41. The molecule has 0 saturated carbocycles. The van der Waals surface area contributed by atoms with Gasteiger partial charge < -0.3 is 9.47 Å². The van der Waals surface area contributed by atoms with E-state index >= 15 is 0 Å². The maximum atomic E-state index is 13.5. The van der Waals surface area contributed by atoms with Crippen LogP contribution in [0.25, 0.3) is 0 Å². The van der Waals surface area contributed by atoms with Gasteiger partial charge in [0.2, 0.25) is 0 Å². The minimum absolute atomic E-state index is 0.0620. The average Bonchev–Trinajstić information content (AvgIpc) is 2.61. The number of rotatable bonds is 5. The fourth-order valence-corrected chi connectivity index (χ4v) is 2.10. The zero-order valence-corrected chi connectivity index (χ0v) is 14.3. The Labute approximate surface area is 148 Å². The molecule has 0 radical (unpaired) electrons. The standard InChI is InChI=1S/C17H16ClFN2O4/c1-10(25-15-6-4-3-5-13(15)19)16(22)20-21-17(23)12-9-11(18)7-8-14(12)24-2/h3-10H,1-2H3,(H,20,22)(H,21,23). The summed E-state index contributed by atoms with van der Waals surface area (Å²) < 4.78 is 23.8. The molecule has 132 valence electrons. The summed E-state index contributed by atoms with van der Waals surface area (Å²) in [5, 5.41) is 0.341. The number of hydrogen-bond acceptors (Lipinski definition) is 4. The molecule has 25 heavy (non-hydrogen) atoms. The molecule has 0 aromatic heterocycles. The second kappa shape index (κ2) is 8.34. The van der Waals surface area contributed by atoms with E-state index in [0.717, 1.165) is 0 Å². The number of nitrogens with one attached hydrogen (secondary N) is 2. The number of hydrazine groups is 1. The molecule has 0 aliphatic heterocycles. The van der Waals surface area contributed by atoms with Gasteiger partial charge in [-0.3, -0.25) is 20.4 Å². The molecule has 2 aromatic carbocycles. The van der Waals surface area contributed by atoms with Gasteiger partial charge in [-0.15, -0.1) is 0 Å². The highest BCUT2D eigenvalue weighted by Gasteiger charge is 2.19. The average molecular weight is 367 g/mol. The first kappa shape index (κ1) is 18.5. The van der Waals surface area contributed by atoms with Gasteiger partial charge in [-0.25, -0.2) is 4.39 Å². The van der Waals surface area contributed by atoms with Gasteiger partial charge in [-0.2, -0.15) is 0 Å². The number of ether oxygens (including phenoxy) is 2. The van der Waals surface area contributed by atoms with Crippen LogP contribution in [0.2, 0.25) is 5.02 Å². The van der Waals surface area contributed by atoms with Crippen LogP contribution in [0.4, 0.5) is 4.39 Å². The van der Waals surface area contributed by atoms with E-state index < -0.39 is 23.7 Å². The monoisotopic (exact) mass is 366 g/mol. The van der Waals surface area contributed by atoms with Crippen LogP contribution in [0.3, 0.4) is 0 Å². The predicted molar refractivity (Wildman–Crippen MR) is 90.1 cm³/mol. The molecule has 0 fully saturated rings. The molecule has 0 aliphatic rings. The molecule has 8 heteroatoms. The minimum Gasteiger partial charge on any atom is -0.496 e. The number of carbonyl (C=O) groups is 2. The molecular formula is C17H16ClFN2O4. The highest BCUT2D eigenvalue weighted by Crippen LogP contribution is 2.22. The molecule has 6 nitrogen and oxygen atoms in total. The van der Waals surface area contributed by atoms with Crippen molar-refractivity contribution >= 4 is 23.4 Å². The number of halogens is 2. The van der Waals surface area contributed by atoms with Crippen LogP contribution in [0, 0.1) is 5.82 Å². The lowest BCUT2D eigenvalue weighted by atomic mass is 10.2. The summed E-state index contributed by atoms with van der Waals surface area (Å²) in [6, 6.07) is 10.2. The number of methoxy groups -OCH3 is 1. The van der Waals surface area contributed by atoms with E-state index in [9.17, 15) is 14.0 Å². The molecule has 0 heterocycles. The number of amides is 2. The normalized spacial score (nSPS) is 11.4. The third-order valence-electron chi connectivity index (χ3n) is 3.22. The quantitative estimate of drug-likeness (QED) is 0.798.